The highest BCUT2D eigenvalue weighted by Gasteiger charge is 2.32. The van der Waals surface area contributed by atoms with Crippen LogP contribution in [0.3, 0.4) is 0 Å². The monoisotopic (exact) mass is 465 g/mol. The molecule has 1 aliphatic carbocycles. The van der Waals surface area contributed by atoms with Crippen molar-refractivity contribution in [2.45, 2.75) is 44.1 Å². The minimum Gasteiger partial charge on any atom is -0.268 e. The summed E-state index contributed by atoms with van der Waals surface area (Å²) in [4.78, 5) is 17.5. The molecule has 1 aliphatic heterocycles. The summed E-state index contributed by atoms with van der Waals surface area (Å²) in [6.07, 6.45) is 3.34. The zero-order valence-electron chi connectivity index (χ0n) is 16.0. The predicted molar refractivity (Wildman–Crippen MR) is 115 cm³/mol. The van der Waals surface area contributed by atoms with E-state index in [0.717, 1.165) is 34.8 Å². The summed E-state index contributed by atoms with van der Waals surface area (Å²) >= 11 is 7.53. The molecule has 1 atom stereocenters. The molecule has 3 aromatic rings. The molecule has 1 fully saturated rings. The Bertz CT molecular complexity index is 1250. The smallest absolute Gasteiger partial charge is 0.264 e. The normalized spacial score (nSPS) is 21.4. The van der Waals surface area contributed by atoms with E-state index in [-0.39, 0.29) is 29.0 Å². The third-order valence-electron chi connectivity index (χ3n) is 5.86. The van der Waals surface area contributed by atoms with Gasteiger partial charge in [-0.1, -0.05) is 11.6 Å². The third kappa shape index (κ3) is 3.83. The first kappa shape index (κ1) is 19.9. The van der Waals surface area contributed by atoms with Crippen LogP contribution in [0.2, 0.25) is 4.34 Å². The van der Waals surface area contributed by atoms with E-state index in [4.69, 9.17) is 21.7 Å². The maximum absolute atomic E-state index is 11.9. The van der Waals surface area contributed by atoms with Gasteiger partial charge in [0.1, 0.15) is 15.7 Å². The molecule has 0 amide bonds. The Morgan fingerprint density at radius 3 is 2.73 bits per heavy atom. The fourth-order valence-corrected chi connectivity index (χ4v) is 6.74. The highest BCUT2D eigenvalue weighted by molar-refractivity contribution is 7.91. The molecular formula is C19H20ClN5O3S2. The van der Waals surface area contributed by atoms with Crippen molar-refractivity contribution in [3.8, 4) is 10.7 Å². The van der Waals surface area contributed by atoms with Gasteiger partial charge in [0.2, 0.25) is 0 Å². The van der Waals surface area contributed by atoms with Crippen LogP contribution >= 0.6 is 22.9 Å². The number of aryl methyl sites for hydroxylation is 1. The number of halogens is 1. The molecule has 0 radical (unpaired) electrons. The minimum absolute atomic E-state index is 0.00101. The Morgan fingerprint density at radius 1 is 1.20 bits per heavy atom. The van der Waals surface area contributed by atoms with Gasteiger partial charge in [-0.05, 0) is 49.8 Å². The van der Waals surface area contributed by atoms with E-state index in [1.807, 2.05) is 16.8 Å². The highest BCUT2D eigenvalue weighted by atomic mass is 35.5. The van der Waals surface area contributed by atoms with Crippen LogP contribution in [0.5, 0.6) is 0 Å². The average molecular weight is 466 g/mol. The quantitative estimate of drug-likeness (QED) is 0.636. The van der Waals surface area contributed by atoms with Crippen molar-refractivity contribution in [1.82, 2.24) is 25.0 Å². The van der Waals surface area contributed by atoms with Crippen LogP contribution < -0.4 is 5.56 Å². The summed E-state index contributed by atoms with van der Waals surface area (Å²) in [7, 11) is -2.97. The van der Waals surface area contributed by atoms with Crippen LogP contribution in [0.25, 0.3) is 10.7 Å². The maximum atomic E-state index is 11.9. The number of thiophene rings is 1. The van der Waals surface area contributed by atoms with Crippen molar-refractivity contribution >= 4 is 32.8 Å². The van der Waals surface area contributed by atoms with Crippen LogP contribution in [0.1, 0.15) is 48.3 Å². The number of sulfone groups is 1. The predicted octanol–water partition coefficient (Wildman–Crippen LogP) is 2.77. The van der Waals surface area contributed by atoms with Crippen LogP contribution in [0.4, 0.5) is 0 Å². The van der Waals surface area contributed by atoms with Gasteiger partial charge in [-0.25, -0.2) is 23.2 Å². The summed E-state index contributed by atoms with van der Waals surface area (Å²) in [6.45, 7) is 0. The number of nitrogens with zero attached hydrogens (tertiary/aromatic N) is 4. The van der Waals surface area contributed by atoms with Gasteiger partial charge >= 0.3 is 0 Å². The lowest BCUT2D eigenvalue weighted by atomic mass is 9.86. The Hall–Kier alpha value is -2.04. The van der Waals surface area contributed by atoms with Gasteiger partial charge in [-0.15, -0.1) is 16.4 Å². The highest BCUT2D eigenvalue weighted by Crippen LogP contribution is 2.36. The Balaban J connectivity index is 1.53. The molecule has 5 rings (SSSR count). The molecule has 158 valence electrons. The SMILES string of the molecule is O=c1cc2c(n[nH]1)CCC(c1nc(-c3ccc(Cl)s3)nn1C1CCS(=O)(=O)CC1)C2. The lowest BCUT2D eigenvalue weighted by Gasteiger charge is -2.27. The first-order valence-electron chi connectivity index (χ1n) is 9.88. The number of aromatic amines is 1. The third-order valence-corrected chi connectivity index (χ3v) is 8.80. The van der Waals surface area contributed by atoms with Gasteiger partial charge in [0.05, 0.1) is 32.5 Å². The van der Waals surface area contributed by atoms with Gasteiger partial charge in [0.15, 0.2) is 5.82 Å². The molecule has 1 saturated heterocycles. The van der Waals surface area contributed by atoms with Gasteiger partial charge in [-0.3, -0.25) is 4.79 Å². The molecule has 2 aliphatic rings. The second kappa shape index (κ2) is 7.58. The van der Waals surface area contributed by atoms with Crippen molar-refractivity contribution in [1.29, 1.82) is 0 Å². The summed E-state index contributed by atoms with van der Waals surface area (Å²) < 4.78 is 26.4. The number of fused-ring (bicyclic) bond motifs is 1. The zero-order valence-corrected chi connectivity index (χ0v) is 18.4. The van der Waals surface area contributed by atoms with Gasteiger partial charge in [-0.2, -0.15) is 5.10 Å². The van der Waals surface area contributed by atoms with Gasteiger partial charge in [0, 0.05) is 12.0 Å². The van der Waals surface area contributed by atoms with Crippen molar-refractivity contribution in [3.05, 3.63) is 50.0 Å². The fourth-order valence-electron chi connectivity index (χ4n) is 4.30. The minimum atomic E-state index is -2.97. The molecule has 0 saturated carbocycles. The Labute approximate surface area is 182 Å². The lowest BCUT2D eigenvalue weighted by Crippen LogP contribution is -2.29. The van der Waals surface area contributed by atoms with E-state index in [9.17, 15) is 13.2 Å². The Morgan fingerprint density at radius 2 is 2.00 bits per heavy atom. The molecule has 0 bridgehead atoms. The van der Waals surface area contributed by atoms with Crippen LogP contribution in [-0.2, 0) is 22.7 Å². The molecule has 4 heterocycles. The van der Waals surface area contributed by atoms with Crippen molar-refractivity contribution in [2.24, 2.45) is 0 Å². The van der Waals surface area contributed by atoms with E-state index in [1.54, 1.807) is 6.07 Å². The summed E-state index contributed by atoms with van der Waals surface area (Å²) in [6, 6.07) is 5.34. The van der Waals surface area contributed by atoms with Crippen LogP contribution in [0.15, 0.2) is 23.0 Å². The molecule has 0 aromatic carbocycles. The number of aromatic nitrogens is 5. The molecule has 0 spiro atoms. The van der Waals surface area contributed by atoms with Crippen molar-refractivity contribution < 1.29 is 8.42 Å². The number of hydrogen-bond donors (Lipinski definition) is 1. The molecule has 11 heteroatoms. The number of rotatable bonds is 3. The van der Waals surface area contributed by atoms with E-state index >= 15 is 0 Å². The average Bonchev–Trinajstić information content (AvgIpc) is 3.34. The molecular weight excluding hydrogens is 446 g/mol. The van der Waals surface area contributed by atoms with E-state index < -0.39 is 9.84 Å². The molecule has 1 N–H and O–H groups in total. The largest absolute Gasteiger partial charge is 0.268 e. The summed E-state index contributed by atoms with van der Waals surface area (Å²) in [5.41, 5.74) is 1.66. The fraction of sp³-hybridized carbons (Fsp3) is 0.474. The lowest BCUT2D eigenvalue weighted by molar-refractivity contribution is 0.380. The number of H-pyrrole nitrogens is 1. The van der Waals surface area contributed by atoms with Crippen molar-refractivity contribution in [2.75, 3.05) is 11.5 Å². The number of hydrogen-bond acceptors (Lipinski definition) is 7. The topological polar surface area (TPSA) is 111 Å². The molecule has 3 aromatic heterocycles. The van der Waals surface area contributed by atoms with Crippen molar-refractivity contribution in [3.63, 3.8) is 0 Å². The first-order valence-corrected chi connectivity index (χ1v) is 12.9. The molecule has 30 heavy (non-hydrogen) atoms. The van der Waals surface area contributed by atoms with E-state index in [0.29, 0.717) is 29.4 Å². The van der Waals surface area contributed by atoms with E-state index in [1.165, 1.54) is 11.3 Å². The van der Waals surface area contributed by atoms with Gasteiger partial charge in [0.25, 0.3) is 5.56 Å². The number of nitrogens with one attached hydrogen (secondary N) is 1. The zero-order chi connectivity index (χ0) is 20.9. The summed E-state index contributed by atoms with van der Waals surface area (Å²) in [5, 5.41) is 11.5. The van der Waals surface area contributed by atoms with Crippen LogP contribution in [-0.4, -0.2) is 44.9 Å². The molecule has 8 nitrogen and oxygen atoms in total. The Kier molecular flexibility index (Phi) is 5.03. The summed E-state index contributed by atoms with van der Waals surface area (Å²) in [5.74, 6) is 1.90. The van der Waals surface area contributed by atoms with Crippen LogP contribution in [0, 0.1) is 0 Å². The second-order valence-corrected chi connectivity index (χ2v) is 11.9. The van der Waals surface area contributed by atoms with Gasteiger partial charge < -0.3 is 0 Å². The standard InChI is InChI=1S/C19H20ClN5O3S2/c20-16-4-3-15(29-16)18-21-19(25(24-18)13-5-7-30(27,28)8-6-13)11-1-2-14-12(9-11)10-17(26)23-22-14/h3-4,10-11,13H,1-2,5-9H2,(H,23,26). The molecule has 1 unspecified atom stereocenters. The van der Waals surface area contributed by atoms with E-state index in [2.05, 4.69) is 10.2 Å². The second-order valence-electron chi connectivity index (χ2n) is 7.87. The first-order chi connectivity index (χ1) is 14.4. The maximum Gasteiger partial charge on any atom is 0.264 e.